The Morgan fingerprint density at radius 2 is 1.72 bits per heavy atom. The minimum absolute atomic E-state index is 0.0350. The van der Waals surface area contributed by atoms with Gasteiger partial charge in [-0.15, -0.1) is 11.8 Å². The molecule has 5 nitrogen and oxygen atoms in total. The predicted octanol–water partition coefficient (Wildman–Crippen LogP) is 3.64. The van der Waals surface area contributed by atoms with E-state index < -0.39 is 18.1 Å². The number of likely N-dealkylation sites (tertiary alicyclic amines) is 1. The molecule has 1 aliphatic rings. The maximum atomic E-state index is 12.4. The number of thioether (sulfide) groups is 1. The van der Waals surface area contributed by atoms with Crippen molar-refractivity contribution >= 4 is 23.8 Å². The van der Waals surface area contributed by atoms with Gasteiger partial charge in [-0.05, 0) is 24.1 Å². The summed E-state index contributed by atoms with van der Waals surface area (Å²) in [6.07, 6.45) is -0.164. The van der Waals surface area contributed by atoms with Crippen molar-refractivity contribution in [3.05, 3.63) is 66.2 Å². The molecule has 0 aliphatic carbocycles. The number of rotatable bonds is 5. The molecule has 0 saturated carbocycles. The van der Waals surface area contributed by atoms with Crippen molar-refractivity contribution in [3.63, 3.8) is 0 Å². The van der Waals surface area contributed by atoms with Crippen LogP contribution in [0.5, 0.6) is 0 Å². The van der Waals surface area contributed by atoms with Gasteiger partial charge in [0.2, 0.25) is 0 Å². The van der Waals surface area contributed by atoms with E-state index in [1.807, 2.05) is 60.7 Å². The lowest BCUT2D eigenvalue weighted by Gasteiger charge is -2.20. The lowest BCUT2D eigenvalue weighted by atomic mass is 10.2. The van der Waals surface area contributed by atoms with E-state index in [1.165, 1.54) is 4.90 Å². The summed E-state index contributed by atoms with van der Waals surface area (Å²) in [6, 6.07) is 18.3. The van der Waals surface area contributed by atoms with Crippen LogP contribution in [0.25, 0.3) is 0 Å². The van der Waals surface area contributed by atoms with Crippen LogP contribution in [0.4, 0.5) is 4.79 Å². The highest BCUT2D eigenvalue weighted by atomic mass is 32.2. The van der Waals surface area contributed by atoms with Crippen LogP contribution in [0.15, 0.2) is 65.6 Å². The van der Waals surface area contributed by atoms with E-state index in [1.54, 1.807) is 11.8 Å². The fraction of sp³-hybridized carbons (Fsp3) is 0.263. The third kappa shape index (κ3) is 4.54. The van der Waals surface area contributed by atoms with Crippen LogP contribution in [-0.2, 0) is 16.1 Å². The first kappa shape index (κ1) is 17.4. The standard InChI is InChI=1S/C19H19NO4S/c21-18(22)17-11-16(25-15-9-5-2-6-10-15)12-20(17)19(23)24-13-14-7-3-1-4-8-14/h1-10,16-17H,11-13H2,(H,21,22)/t16-,17-/m0/s1. The molecule has 1 heterocycles. The van der Waals surface area contributed by atoms with Crippen LogP contribution >= 0.6 is 11.8 Å². The quantitative estimate of drug-likeness (QED) is 0.885. The Kier molecular flexibility index (Phi) is 5.60. The summed E-state index contributed by atoms with van der Waals surface area (Å²) in [5.74, 6) is -0.993. The van der Waals surface area contributed by atoms with Gasteiger partial charge in [0.05, 0.1) is 0 Å². The number of nitrogens with zero attached hydrogens (tertiary/aromatic N) is 1. The second-order valence-electron chi connectivity index (χ2n) is 5.84. The number of amides is 1. The van der Waals surface area contributed by atoms with E-state index in [-0.39, 0.29) is 11.9 Å². The molecule has 0 spiro atoms. The number of carboxylic acid groups (broad SMARTS) is 1. The van der Waals surface area contributed by atoms with Gasteiger partial charge in [0.25, 0.3) is 0 Å². The Hall–Kier alpha value is -2.47. The molecular weight excluding hydrogens is 338 g/mol. The Morgan fingerprint density at radius 1 is 1.08 bits per heavy atom. The topological polar surface area (TPSA) is 66.8 Å². The number of carbonyl (C=O) groups is 2. The second kappa shape index (κ2) is 8.07. The van der Waals surface area contributed by atoms with Gasteiger partial charge < -0.3 is 9.84 Å². The predicted molar refractivity (Wildman–Crippen MR) is 95.5 cm³/mol. The Labute approximate surface area is 150 Å². The molecule has 0 aromatic heterocycles. The van der Waals surface area contributed by atoms with Gasteiger partial charge in [-0.1, -0.05) is 48.5 Å². The first-order valence-electron chi connectivity index (χ1n) is 8.05. The minimum Gasteiger partial charge on any atom is -0.480 e. The SMILES string of the molecule is O=C(O)[C@@H]1C[C@H](Sc2ccccc2)CN1C(=O)OCc1ccccc1. The van der Waals surface area contributed by atoms with Crippen molar-refractivity contribution in [2.24, 2.45) is 0 Å². The van der Waals surface area contributed by atoms with E-state index in [4.69, 9.17) is 4.74 Å². The van der Waals surface area contributed by atoms with E-state index in [9.17, 15) is 14.7 Å². The molecule has 1 fully saturated rings. The van der Waals surface area contributed by atoms with Crippen LogP contribution in [0.1, 0.15) is 12.0 Å². The zero-order valence-corrected chi connectivity index (χ0v) is 14.4. The molecule has 1 N–H and O–H groups in total. The number of benzene rings is 2. The molecule has 1 amide bonds. The third-order valence-electron chi connectivity index (χ3n) is 4.03. The van der Waals surface area contributed by atoms with Crippen molar-refractivity contribution in [2.75, 3.05) is 6.54 Å². The highest BCUT2D eigenvalue weighted by Gasteiger charge is 2.40. The zero-order valence-electron chi connectivity index (χ0n) is 13.6. The Morgan fingerprint density at radius 3 is 2.36 bits per heavy atom. The lowest BCUT2D eigenvalue weighted by Crippen LogP contribution is -2.40. The van der Waals surface area contributed by atoms with Crippen LogP contribution in [0.3, 0.4) is 0 Å². The van der Waals surface area contributed by atoms with Gasteiger partial charge in [-0.25, -0.2) is 9.59 Å². The fourth-order valence-electron chi connectivity index (χ4n) is 2.81. The van der Waals surface area contributed by atoms with Crippen LogP contribution < -0.4 is 0 Å². The van der Waals surface area contributed by atoms with E-state index in [0.29, 0.717) is 13.0 Å². The number of carbonyl (C=O) groups excluding carboxylic acids is 1. The summed E-state index contributed by atoms with van der Waals surface area (Å²) in [4.78, 5) is 26.3. The average Bonchev–Trinajstić information content (AvgIpc) is 3.06. The van der Waals surface area contributed by atoms with E-state index in [0.717, 1.165) is 10.5 Å². The van der Waals surface area contributed by atoms with Gasteiger partial charge >= 0.3 is 12.1 Å². The summed E-state index contributed by atoms with van der Waals surface area (Å²) >= 11 is 1.60. The molecular formula is C19H19NO4S. The van der Waals surface area contributed by atoms with E-state index >= 15 is 0 Å². The molecule has 0 bridgehead atoms. The number of aliphatic carboxylic acids is 1. The Bertz CT molecular complexity index is 723. The fourth-order valence-corrected chi connectivity index (χ4v) is 4.03. The van der Waals surface area contributed by atoms with Gasteiger partial charge in [0.1, 0.15) is 12.6 Å². The van der Waals surface area contributed by atoms with Gasteiger partial charge in [0, 0.05) is 16.7 Å². The summed E-state index contributed by atoms with van der Waals surface area (Å²) in [5.41, 5.74) is 0.872. The van der Waals surface area contributed by atoms with E-state index in [2.05, 4.69) is 0 Å². The molecule has 0 unspecified atom stereocenters. The van der Waals surface area contributed by atoms with Crippen molar-refractivity contribution in [1.82, 2.24) is 4.90 Å². The van der Waals surface area contributed by atoms with Crippen molar-refractivity contribution in [1.29, 1.82) is 0 Å². The van der Waals surface area contributed by atoms with Crippen molar-refractivity contribution < 1.29 is 19.4 Å². The summed E-state index contributed by atoms with van der Waals surface area (Å²) in [5, 5.41) is 9.48. The minimum atomic E-state index is -0.993. The number of ether oxygens (including phenoxy) is 1. The molecule has 2 aromatic rings. The molecule has 1 saturated heterocycles. The summed E-state index contributed by atoms with van der Waals surface area (Å²) in [6.45, 7) is 0.503. The molecule has 0 radical (unpaired) electrons. The second-order valence-corrected chi connectivity index (χ2v) is 7.21. The summed E-state index contributed by atoms with van der Waals surface area (Å²) < 4.78 is 5.31. The highest BCUT2D eigenvalue weighted by molar-refractivity contribution is 8.00. The summed E-state index contributed by atoms with van der Waals surface area (Å²) in [7, 11) is 0. The highest BCUT2D eigenvalue weighted by Crippen LogP contribution is 2.33. The average molecular weight is 357 g/mol. The van der Waals surface area contributed by atoms with Crippen LogP contribution in [0.2, 0.25) is 0 Å². The largest absolute Gasteiger partial charge is 0.480 e. The number of carboxylic acids is 1. The maximum Gasteiger partial charge on any atom is 0.410 e. The Balaban J connectivity index is 1.62. The molecule has 2 aromatic carbocycles. The third-order valence-corrected chi connectivity index (χ3v) is 5.25. The maximum absolute atomic E-state index is 12.4. The monoisotopic (exact) mass is 357 g/mol. The first-order valence-corrected chi connectivity index (χ1v) is 8.93. The zero-order chi connectivity index (χ0) is 17.6. The lowest BCUT2D eigenvalue weighted by molar-refractivity contribution is -0.141. The van der Waals surface area contributed by atoms with Crippen LogP contribution in [0, 0.1) is 0 Å². The normalized spacial score (nSPS) is 19.6. The first-order chi connectivity index (χ1) is 12.1. The number of hydrogen-bond donors (Lipinski definition) is 1. The van der Waals surface area contributed by atoms with Crippen molar-refractivity contribution in [3.8, 4) is 0 Å². The van der Waals surface area contributed by atoms with Gasteiger partial charge in [-0.3, -0.25) is 4.90 Å². The smallest absolute Gasteiger partial charge is 0.410 e. The molecule has 25 heavy (non-hydrogen) atoms. The molecule has 130 valence electrons. The van der Waals surface area contributed by atoms with Crippen LogP contribution in [-0.4, -0.2) is 39.9 Å². The van der Waals surface area contributed by atoms with Gasteiger partial charge in [0.15, 0.2) is 0 Å². The molecule has 2 atom stereocenters. The number of hydrogen-bond acceptors (Lipinski definition) is 4. The molecule has 3 rings (SSSR count). The van der Waals surface area contributed by atoms with Gasteiger partial charge in [-0.2, -0.15) is 0 Å². The molecule has 6 heteroatoms. The molecule has 1 aliphatic heterocycles. The van der Waals surface area contributed by atoms with Crippen molar-refractivity contribution in [2.45, 2.75) is 29.2 Å².